The van der Waals surface area contributed by atoms with Crippen LogP contribution in [0, 0.1) is 5.92 Å². The number of esters is 1. The van der Waals surface area contributed by atoms with Gasteiger partial charge in [-0.25, -0.2) is 4.79 Å². The van der Waals surface area contributed by atoms with Crippen molar-refractivity contribution in [3.63, 3.8) is 0 Å². The number of ketones is 1. The Morgan fingerprint density at radius 3 is 2.06 bits per heavy atom. The maximum Gasteiger partial charge on any atom is 0.337 e. The summed E-state index contributed by atoms with van der Waals surface area (Å²) in [5.41, 5.74) is 1.73. The van der Waals surface area contributed by atoms with E-state index in [9.17, 15) is 14.7 Å². The molecule has 3 aromatic rings. The molecule has 3 aromatic carbocycles. The molecule has 1 aliphatic carbocycles. The average molecular weight is 470 g/mol. The quantitative estimate of drug-likeness (QED) is 0.341. The zero-order chi connectivity index (χ0) is 24.3. The van der Waals surface area contributed by atoms with E-state index in [1.807, 2.05) is 72.8 Å². The van der Waals surface area contributed by atoms with Crippen molar-refractivity contribution in [3.8, 4) is 5.75 Å². The lowest BCUT2D eigenvalue weighted by atomic mass is 9.75. The van der Waals surface area contributed by atoms with Crippen LogP contribution in [0.25, 0.3) is 0 Å². The highest BCUT2D eigenvalue weighted by Crippen LogP contribution is 2.45. The van der Waals surface area contributed by atoms with Gasteiger partial charge in [0, 0.05) is 17.8 Å². The molecule has 1 saturated heterocycles. The lowest BCUT2D eigenvalue weighted by molar-refractivity contribution is -0.180. The number of aromatic hydroxyl groups is 1. The third-order valence-corrected chi connectivity index (χ3v) is 7.48. The van der Waals surface area contributed by atoms with Crippen LogP contribution in [0.2, 0.25) is 0 Å². The summed E-state index contributed by atoms with van der Waals surface area (Å²) in [4.78, 5) is 29.4. The van der Waals surface area contributed by atoms with E-state index in [-0.39, 0.29) is 23.9 Å². The highest BCUT2D eigenvalue weighted by Gasteiger charge is 2.53. The van der Waals surface area contributed by atoms with Gasteiger partial charge in [-0.2, -0.15) is 0 Å². The Balaban J connectivity index is 1.46. The van der Waals surface area contributed by atoms with Gasteiger partial charge in [-0.15, -0.1) is 0 Å². The number of anilines is 2. The van der Waals surface area contributed by atoms with Gasteiger partial charge in [0.15, 0.2) is 11.8 Å². The molecule has 35 heavy (non-hydrogen) atoms. The molecule has 5 heteroatoms. The summed E-state index contributed by atoms with van der Waals surface area (Å²) >= 11 is 0. The van der Waals surface area contributed by atoms with Gasteiger partial charge in [0.1, 0.15) is 11.4 Å². The topological polar surface area (TPSA) is 66.8 Å². The van der Waals surface area contributed by atoms with Crippen LogP contribution in [0.15, 0.2) is 84.9 Å². The number of ether oxygens (including phenoxy) is 1. The van der Waals surface area contributed by atoms with Gasteiger partial charge >= 0.3 is 5.97 Å². The molecule has 1 unspecified atom stereocenters. The van der Waals surface area contributed by atoms with Crippen LogP contribution < -0.4 is 4.90 Å². The molecule has 5 nitrogen and oxygen atoms in total. The zero-order valence-corrected chi connectivity index (χ0v) is 19.8. The number of nitrogens with zero attached hydrogens (tertiary/aromatic N) is 1. The van der Waals surface area contributed by atoms with Gasteiger partial charge in [0.2, 0.25) is 0 Å². The van der Waals surface area contributed by atoms with Crippen molar-refractivity contribution in [2.24, 2.45) is 5.92 Å². The van der Waals surface area contributed by atoms with Gasteiger partial charge in [-0.3, -0.25) is 4.79 Å². The first-order chi connectivity index (χ1) is 17.1. The van der Waals surface area contributed by atoms with Crippen molar-refractivity contribution in [1.29, 1.82) is 0 Å². The number of para-hydroxylation sites is 2. The molecule has 0 aromatic heterocycles. The predicted octanol–water partition coefficient (Wildman–Crippen LogP) is 5.98. The van der Waals surface area contributed by atoms with Crippen molar-refractivity contribution in [2.75, 3.05) is 4.90 Å². The lowest BCUT2D eigenvalue weighted by Gasteiger charge is -2.45. The molecule has 5 rings (SSSR count). The van der Waals surface area contributed by atoms with Crippen molar-refractivity contribution in [1.82, 2.24) is 0 Å². The fraction of sp³-hybridized carbons (Fsp3) is 0.333. The Labute approximate surface area is 206 Å². The molecular weight excluding hydrogens is 438 g/mol. The van der Waals surface area contributed by atoms with Gasteiger partial charge in [0.25, 0.3) is 0 Å². The van der Waals surface area contributed by atoms with Gasteiger partial charge in [-0.05, 0) is 73.6 Å². The van der Waals surface area contributed by atoms with E-state index < -0.39 is 17.6 Å². The summed E-state index contributed by atoms with van der Waals surface area (Å²) in [6, 6.07) is 25.2. The maximum absolute atomic E-state index is 13.8. The van der Waals surface area contributed by atoms with Crippen LogP contribution in [0.4, 0.5) is 11.4 Å². The Morgan fingerprint density at radius 2 is 1.49 bits per heavy atom. The molecule has 1 N–H and O–H groups in total. The van der Waals surface area contributed by atoms with E-state index in [2.05, 4.69) is 0 Å². The molecule has 1 heterocycles. The van der Waals surface area contributed by atoms with E-state index in [1.54, 1.807) is 17.0 Å². The molecule has 2 atom stereocenters. The van der Waals surface area contributed by atoms with Crippen molar-refractivity contribution < 1.29 is 19.4 Å². The summed E-state index contributed by atoms with van der Waals surface area (Å²) in [6.45, 7) is 0. The number of aryl methyl sites for hydroxylation is 1. The van der Waals surface area contributed by atoms with E-state index in [1.165, 1.54) is 0 Å². The molecule has 1 saturated carbocycles. The number of benzene rings is 3. The van der Waals surface area contributed by atoms with Crippen LogP contribution in [0.5, 0.6) is 5.75 Å². The molecule has 0 spiro atoms. The first-order valence-electron chi connectivity index (χ1n) is 12.5. The second-order valence-electron chi connectivity index (χ2n) is 9.72. The Morgan fingerprint density at radius 1 is 0.857 bits per heavy atom. The smallest absolute Gasteiger partial charge is 0.337 e. The van der Waals surface area contributed by atoms with E-state index >= 15 is 0 Å². The number of hydrogen-bond donors (Lipinski definition) is 1. The van der Waals surface area contributed by atoms with Crippen molar-refractivity contribution >= 4 is 23.1 Å². The summed E-state index contributed by atoms with van der Waals surface area (Å²) in [5, 5.41) is 9.88. The second kappa shape index (κ2) is 9.95. The third kappa shape index (κ3) is 4.81. The van der Waals surface area contributed by atoms with Crippen LogP contribution in [-0.2, 0) is 20.7 Å². The molecule has 180 valence electrons. The Bertz CT molecular complexity index is 1110. The minimum absolute atomic E-state index is 0.100. The van der Waals surface area contributed by atoms with E-state index in [0.29, 0.717) is 12.8 Å². The fourth-order valence-electron chi connectivity index (χ4n) is 5.78. The molecule has 2 fully saturated rings. The molecule has 1 aliphatic heterocycles. The lowest BCUT2D eigenvalue weighted by Crippen LogP contribution is -2.58. The SMILES string of the molecule is O=C1C[C@@](CCc2cccc(O)c2)(C2CCCC2)OC(=O)C1N(c1ccccc1)c1ccccc1. The average Bonchev–Trinajstić information content (AvgIpc) is 3.42. The second-order valence-corrected chi connectivity index (χ2v) is 9.72. The van der Waals surface area contributed by atoms with Gasteiger partial charge < -0.3 is 14.7 Å². The summed E-state index contributed by atoms with van der Waals surface area (Å²) in [5.74, 6) is -0.181. The fourth-order valence-corrected chi connectivity index (χ4v) is 5.78. The molecule has 0 radical (unpaired) electrons. The largest absolute Gasteiger partial charge is 0.508 e. The molecule has 0 bridgehead atoms. The van der Waals surface area contributed by atoms with Gasteiger partial charge in [0.05, 0.1) is 0 Å². The number of cyclic esters (lactones) is 1. The number of phenolic OH excluding ortho intramolecular Hbond substituents is 1. The number of hydrogen-bond acceptors (Lipinski definition) is 5. The summed E-state index contributed by atoms with van der Waals surface area (Å²) in [6.07, 6.45) is 5.53. The molecule has 2 aliphatic rings. The Hall–Kier alpha value is -3.60. The standard InChI is InChI=1S/C30H31NO4/c32-26-17-9-10-22(20-26)18-19-30(23-11-7-8-12-23)21-27(33)28(29(34)35-30)31(24-13-3-1-4-14-24)25-15-5-2-6-16-25/h1-6,9-10,13-17,20,23,28,32H,7-8,11-12,18-19,21H2/t28?,30-/m0/s1. The maximum atomic E-state index is 13.8. The highest BCUT2D eigenvalue weighted by molar-refractivity contribution is 6.09. The van der Waals surface area contributed by atoms with Gasteiger partial charge in [-0.1, -0.05) is 61.4 Å². The predicted molar refractivity (Wildman–Crippen MR) is 136 cm³/mol. The highest BCUT2D eigenvalue weighted by atomic mass is 16.6. The normalized spacial score (nSPS) is 22.7. The number of carbonyl (C=O) groups is 2. The summed E-state index contributed by atoms with van der Waals surface area (Å²) in [7, 11) is 0. The van der Waals surface area contributed by atoms with Crippen LogP contribution >= 0.6 is 0 Å². The van der Waals surface area contributed by atoms with Crippen molar-refractivity contribution in [3.05, 3.63) is 90.5 Å². The van der Waals surface area contributed by atoms with Crippen LogP contribution in [0.3, 0.4) is 0 Å². The van der Waals surface area contributed by atoms with Crippen LogP contribution in [0.1, 0.15) is 44.1 Å². The Kier molecular flexibility index (Phi) is 6.58. The number of phenols is 1. The number of carbonyl (C=O) groups excluding carboxylic acids is 2. The molecule has 0 amide bonds. The van der Waals surface area contributed by atoms with E-state index in [0.717, 1.165) is 42.6 Å². The van der Waals surface area contributed by atoms with Crippen LogP contribution in [-0.4, -0.2) is 28.5 Å². The zero-order valence-electron chi connectivity index (χ0n) is 19.8. The van der Waals surface area contributed by atoms with E-state index in [4.69, 9.17) is 4.74 Å². The minimum atomic E-state index is -1.02. The number of rotatable bonds is 7. The first-order valence-corrected chi connectivity index (χ1v) is 12.5. The minimum Gasteiger partial charge on any atom is -0.508 e. The van der Waals surface area contributed by atoms with Crippen molar-refractivity contribution in [2.45, 2.75) is 56.6 Å². The third-order valence-electron chi connectivity index (χ3n) is 7.48. The monoisotopic (exact) mass is 469 g/mol. The summed E-state index contributed by atoms with van der Waals surface area (Å²) < 4.78 is 6.35. The first kappa shape index (κ1) is 23.2. The molecular formula is C30H31NO4. The number of Topliss-reactive ketones (excluding diaryl/α,β-unsaturated/α-hetero) is 1.